The van der Waals surface area contributed by atoms with Gasteiger partial charge < -0.3 is 14.8 Å². The molecule has 140 valence electrons. The molecule has 1 fully saturated rings. The molecule has 25 heavy (non-hydrogen) atoms. The molecule has 1 atom stereocenters. The first-order valence-electron chi connectivity index (χ1n) is 8.36. The maximum absolute atomic E-state index is 12.5. The molecule has 1 aliphatic rings. The first kappa shape index (κ1) is 19.8. The van der Waals surface area contributed by atoms with Crippen molar-refractivity contribution >= 4 is 15.9 Å². The van der Waals surface area contributed by atoms with Crippen LogP contribution in [-0.2, 0) is 19.5 Å². The summed E-state index contributed by atoms with van der Waals surface area (Å²) in [5, 5.41) is 2.86. The molecule has 0 radical (unpaired) electrons. The van der Waals surface area contributed by atoms with E-state index in [1.165, 1.54) is 30.6 Å². The molecule has 7 nitrogen and oxygen atoms in total. The Morgan fingerprint density at radius 2 is 2.24 bits per heavy atom. The number of nitrogens with one attached hydrogen (secondary N) is 1. The minimum absolute atomic E-state index is 0.0970. The number of sulfonamides is 1. The normalized spacial score (nSPS) is 18.3. The van der Waals surface area contributed by atoms with Crippen LogP contribution in [-0.4, -0.2) is 65.7 Å². The Balaban J connectivity index is 2.02. The second kappa shape index (κ2) is 9.28. The average molecular weight is 370 g/mol. The van der Waals surface area contributed by atoms with Gasteiger partial charge in [-0.2, -0.15) is 4.31 Å². The van der Waals surface area contributed by atoms with Crippen LogP contribution in [0.5, 0.6) is 0 Å². The van der Waals surface area contributed by atoms with Crippen LogP contribution in [0.4, 0.5) is 0 Å². The number of likely N-dealkylation sites (N-methyl/N-ethyl adjacent to an activating group) is 1. The third kappa shape index (κ3) is 5.50. The summed E-state index contributed by atoms with van der Waals surface area (Å²) >= 11 is 0. The fourth-order valence-electron chi connectivity index (χ4n) is 2.63. The second-order valence-corrected chi connectivity index (χ2v) is 8.19. The number of carbonyl (C=O) groups is 1. The van der Waals surface area contributed by atoms with E-state index >= 15 is 0 Å². The van der Waals surface area contributed by atoms with E-state index in [0.29, 0.717) is 31.2 Å². The van der Waals surface area contributed by atoms with Crippen molar-refractivity contribution in [1.29, 1.82) is 0 Å². The van der Waals surface area contributed by atoms with Gasteiger partial charge in [-0.05, 0) is 37.0 Å². The van der Waals surface area contributed by atoms with E-state index in [4.69, 9.17) is 9.47 Å². The number of carbonyl (C=O) groups excluding carboxylic acids is 1. The van der Waals surface area contributed by atoms with Crippen LogP contribution in [0.25, 0.3) is 0 Å². The molecule has 1 aromatic rings. The largest absolute Gasteiger partial charge is 0.383 e. The van der Waals surface area contributed by atoms with Gasteiger partial charge in [-0.1, -0.05) is 6.07 Å². The van der Waals surface area contributed by atoms with Gasteiger partial charge in [-0.25, -0.2) is 8.42 Å². The Hall–Kier alpha value is -1.48. The van der Waals surface area contributed by atoms with Crippen molar-refractivity contribution in [3.05, 3.63) is 29.8 Å². The molecular formula is C17H26N2O5S. The number of hydrogen-bond donors (Lipinski definition) is 1. The van der Waals surface area contributed by atoms with Crippen LogP contribution in [0.15, 0.2) is 29.2 Å². The van der Waals surface area contributed by atoms with Gasteiger partial charge in [0.25, 0.3) is 5.91 Å². The lowest BCUT2D eigenvalue weighted by molar-refractivity contribution is 0.0536. The van der Waals surface area contributed by atoms with Gasteiger partial charge in [0, 0.05) is 39.4 Å². The molecular weight excluding hydrogens is 344 g/mol. The van der Waals surface area contributed by atoms with Gasteiger partial charge in [-0.3, -0.25) is 4.79 Å². The molecule has 1 saturated heterocycles. The SMILES string of the molecule is COCCN(C)S(=O)(=O)c1cccc(C(=O)NC[C@H]2CCCOC2)c1. The predicted octanol–water partition coefficient (Wildman–Crippen LogP) is 1.11. The third-order valence-corrected chi connectivity index (χ3v) is 6.07. The van der Waals surface area contributed by atoms with Crippen molar-refractivity contribution in [2.75, 3.05) is 47.1 Å². The predicted molar refractivity (Wildman–Crippen MR) is 94.0 cm³/mol. The zero-order valence-corrected chi connectivity index (χ0v) is 15.5. The smallest absolute Gasteiger partial charge is 0.251 e. The molecule has 0 aromatic heterocycles. The van der Waals surface area contributed by atoms with Crippen LogP contribution in [0, 0.1) is 5.92 Å². The number of ether oxygens (including phenoxy) is 2. The van der Waals surface area contributed by atoms with Crippen molar-refractivity contribution in [1.82, 2.24) is 9.62 Å². The second-order valence-electron chi connectivity index (χ2n) is 6.14. The molecule has 0 saturated carbocycles. The fourth-order valence-corrected chi connectivity index (χ4v) is 3.83. The maximum Gasteiger partial charge on any atom is 0.251 e. The Labute approximate surface area is 149 Å². The molecule has 1 N–H and O–H groups in total. The standard InChI is InChI=1S/C17H26N2O5S/c1-19(8-10-23-2)25(21,22)16-7-3-6-15(11-16)17(20)18-12-14-5-4-9-24-13-14/h3,6-7,11,14H,4-5,8-10,12-13H2,1-2H3,(H,18,20)/t14-/m1/s1. The Morgan fingerprint density at radius 1 is 1.44 bits per heavy atom. The zero-order valence-electron chi connectivity index (χ0n) is 14.7. The molecule has 8 heteroatoms. The van der Waals surface area contributed by atoms with E-state index in [1.54, 1.807) is 12.1 Å². The van der Waals surface area contributed by atoms with Gasteiger partial charge in [0.1, 0.15) is 0 Å². The van der Waals surface area contributed by atoms with Crippen molar-refractivity contribution in [3.8, 4) is 0 Å². The first-order chi connectivity index (χ1) is 11.9. The highest BCUT2D eigenvalue weighted by Crippen LogP contribution is 2.17. The van der Waals surface area contributed by atoms with Crippen LogP contribution in [0.3, 0.4) is 0 Å². The topological polar surface area (TPSA) is 84.9 Å². The van der Waals surface area contributed by atoms with E-state index in [0.717, 1.165) is 19.4 Å². The highest BCUT2D eigenvalue weighted by Gasteiger charge is 2.22. The Bertz CT molecular complexity index is 671. The lowest BCUT2D eigenvalue weighted by atomic mass is 10.0. The van der Waals surface area contributed by atoms with Gasteiger partial charge in [0.05, 0.1) is 18.1 Å². The molecule has 0 unspecified atom stereocenters. The van der Waals surface area contributed by atoms with E-state index in [-0.39, 0.29) is 17.3 Å². The van der Waals surface area contributed by atoms with Gasteiger partial charge in [0.2, 0.25) is 10.0 Å². The molecule has 0 aliphatic carbocycles. The highest BCUT2D eigenvalue weighted by molar-refractivity contribution is 7.89. The monoisotopic (exact) mass is 370 g/mol. The third-order valence-electron chi connectivity index (χ3n) is 4.22. The summed E-state index contributed by atoms with van der Waals surface area (Å²) in [4.78, 5) is 12.4. The number of benzene rings is 1. The summed E-state index contributed by atoms with van der Waals surface area (Å²) in [6.07, 6.45) is 2.03. The summed E-state index contributed by atoms with van der Waals surface area (Å²) in [5.74, 6) is 0.0342. The quantitative estimate of drug-likeness (QED) is 0.741. The van der Waals surface area contributed by atoms with E-state index < -0.39 is 10.0 Å². The summed E-state index contributed by atoms with van der Waals surface area (Å²) in [5.41, 5.74) is 0.331. The summed E-state index contributed by atoms with van der Waals surface area (Å²) in [7, 11) is -0.642. The van der Waals surface area contributed by atoms with Crippen molar-refractivity contribution in [3.63, 3.8) is 0 Å². The Kier molecular flexibility index (Phi) is 7.37. The van der Waals surface area contributed by atoms with E-state index in [1.807, 2.05) is 0 Å². The van der Waals surface area contributed by atoms with Crippen LogP contribution in [0.1, 0.15) is 23.2 Å². The van der Waals surface area contributed by atoms with Crippen LogP contribution >= 0.6 is 0 Å². The Morgan fingerprint density at radius 3 is 2.92 bits per heavy atom. The molecule has 0 spiro atoms. The van der Waals surface area contributed by atoms with Crippen molar-refractivity contribution < 1.29 is 22.7 Å². The van der Waals surface area contributed by atoms with Crippen LogP contribution in [0.2, 0.25) is 0 Å². The fraction of sp³-hybridized carbons (Fsp3) is 0.588. The molecule has 2 rings (SSSR count). The minimum atomic E-state index is -3.65. The van der Waals surface area contributed by atoms with Gasteiger partial charge in [-0.15, -0.1) is 0 Å². The number of rotatable bonds is 8. The number of methoxy groups -OCH3 is 1. The number of amides is 1. The van der Waals surface area contributed by atoms with Crippen molar-refractivity contribution in [2.24, 2.45) is 5.92 Å². The van der Waals surface area contributed by atoms with E-state index in [2.05, 4.69) is 5.32 Å². The molecule has 0 bridgehead atoms. The zero-order chi connectivity index (χ0) is 18.3. The van der Waals surface area contributed by atoms with Gasteiger partial charge >= 0.3 is 0 Å². The number of hydrogen-bond acceptors (Lipinski definition) is 5. The number of nitrogens with zero attached hydrogens (tertiary/aromatic N) is 1. The summed E-state index contributed by atoms with van der Waals surface area (Å²) < 4.78 is 36.6. The maximum atomic E-state index is 12.5. The molecule has 1 aromatic carbocycles. The average Bonchev–Trinajstić information content (AvgIpc) is 2.65. The molecule has 1 amide bonds. The first-order valence-corrected chi connectivity index (χ1v) is 9.80. The molecule has 1 heterocycles. The lowest BCUT2D eigenvalue weighted by Crippen LogP contribution is -2.33. The highest BCUT2D eigenvalue weighted by atomic mass is 32.2. The lowest BCUT2D eigenvalue weighted by Gasteiger charge is -2.22. The molecule has 1 aliphatic heterocycles. The summed E-state index contributed by atoms with van der Waals surface area (Å²) in [6.45, 7) is 2.51. The van der Waals surface area contributed by atoms with Crippen molar-refractivity contribution in [2.45, 2.75) is 17.7 Å². The minimum Gasteiger partial charge on any atom is -0.383 e. The summed E-state index contributed by atoms with van der Waals surface area (Å²) in [6, 6.07) is 6.09. The van der Waals surface area contributed by atoms with E-state index in [9.17, 15) is 13.2 Å². The van der Waals surface area contributed by atoms with Gasteiger partial charge in [0.15, 0.2) is 0 Å². The van der Waals surface area contributed by atoms with Crippen LogP contribution < -0.4 is 5.32 Å².